The molecule has 4 nitrogen and oxygen atoms in total. The summed E-state index contributed by atoms with van der Waals surface area (Å²) in [7, 11) is 4.39. The first-order chi connectivity index (χ1) is 9.22. The van der Waals surface area contributed by atoms with Crippen LogP contribution in [0.15, 0.2) is 18.3 Å². The molecule has 1 aromatic heterocycles. The topological polar surface area (TPSA) is 31.4 Å². The molecule has 0 amide bonds. The minimum atomic E-state index is 0.617. The first-order valence-corrected chi connectivity index (χ1v) is 7.28. The van der Waals surface area contributed by atoms with Gasteiger partial charge in [-0.2, -0.15) is 0 Å². The molecule has 0 aromatic carbocycles. The molecule has 2 rings (SSSR count). The van der Waals surface area contributed by atoms with E-state index < -0.39 is 0 Å². The highest BCUT2D eigenvalue weighted by Crippen LogP contribution is 2.23. The zero-order valence-electron chi connectivity index (χ0n) is 12.4. The van der Waals surface area contributed by atoms with Crippen LogP contribution in [-0.2, 0) is 6.54 Å². The number of aromatic nitrogens is 1. The molecule has 1 fully saturated rings. The van der Waals surface area contributed by atoms with Gasteiger partial charge in [0.25, 0.3) is 0 Å². The van der Waals surface area contributed by atoms with Crippen molar-refractivity contribution in [3.05, 3.63) is 23.9 Å². The molecule has 1 N–H and O–H groups in total. The molecule has 0 bridgehead atoms. The van der Waals surface area contributed by atoms with Crippen LogP contribution in [0.3, 0.4) is 0 Å². The van der Waals surface area contributed by atoms with Crippen LogP contribution in [0.5, 0.6) is 0 Å². The number of nitrogens with one attached hydrogen (secondary N) is 1. The summed E-state index contributed by atoms with van der Waals surface area (Å²) in [5.74, 6) is 1.14. The van der Waals surface area contributed by atoms with E-state index in [1.54, 1.807) is 0 Å². The van der Waals surface area contributed by atoms with Crippen LogP contribution >= 0.6 is 0 Å². The van der Waals surface area contributed by atoms with Crippen molar-refractivity contribution in [2.45, 2.75) is 32.4 Å². The Balaban J connectivity index is 2.07. The van der Waals surface area contributed by atoms with E-state index in [4.69, 9.17) is 0 Å². The number of hydrogen-bond acceptors (Lipinski definition) is 4. The van der Waals surface area contributed by atoms with Gasteiger partial charge in [-0.25, -0.2) is 4.98 Å². The summed E-state index contributed by atoms with van der Waals surface area (Å²) in [5.41, 5.74) is 1.30. The molecule has 0 unspecified atom stereocenters. The molecule has 0 spiro atoms. The molecular weight excluding hydrogens is 236 g/mol. The third-order valence-corrected chi connectivity index (χ3v) is 4.00. The smallest absolute Gasteiger partial charge is 0.133 e. The normalized spacial score (nSPS) is 17.6. The fourth-order valence-electron chi connectivity index (χ4n) is 2.70. The average molecular weight is 262 g/mol. The molecule has 1 aliphatic rings. The predicted octanol–water partition coefficient (Wildman–Crippen LogP) is 1.72. The molecule has 4 heteroatoms. The summed E-state index contributed by atoms with van der Waals surface area (Å²) in [5, 5.41) is 3.39. The number of rotatable bonds is 5. The Kier molecular flexibility index (Phi) is 5.16. The second-order valence-corrected chi connectivity index (χ2v) is 5.41. The highest BCUT2D eigenvalue weighted by molar-refractivity contribution is 5.47. The van der Waals surface area contributed by atoms with E-state index in [0.717, 1.165) is 18.9 Å². The molecule has 0 radical (unpaired) electrons. The zero-order valence-corrected chi connectivity index (χ0v) is 12.4. The minimum absolute atomic E-state index is 0.617. The van der Waals surface area contributed by atoms with Gasteiger partial charge in [-0.05, 0) is 45.6 Å². The van der Waals surface area contributed by atoms with Crippen LogP contribution in [0, 0.1) is 0 Å². The number of hydrogen-bond donors (Lipinski definition) is 1. The van der Waals surface area contributed by atoms with Gasteiger partial charge in [0.2, 0.25) is 0 Å². The van der Waals surface area contributed by atoms with Crippen molar-refractivity contribution < 1.29 is 0 Å². The van der Waals surface area contributed by atoms with Crippen molar-refractivity contribution >= 4 is 5.82 Å². The molecule has 1 aliphatic heterocycles. The minimum Gasteiger partial charge on any atom is -0.356 e. The van der Waals surface area contributed by atoms with Crippen LogP contribution in [0.2, 0.25) is 0 Å². The van der Waals surface area contributed by atoms with Crippen LogP contribution in [0.4, 0.5) is 5.82 Å². The van der Waals surface area contributed by atoms with E-state index in [-0.39, 0.29) is 0 Å². The lowest BCUT2D eigenvalue weighted by Gasteiger charge is -2.36. The molecular formula is C15H26N4. The van der Waals surface area contributed by atoms with Crippen molar-refractivity contribution in [3.8, 4) is 0 Å². The van der Waals surface area contributed by atoms with Crippen molar-refractivity contribution in [3.63, 3.8) is 0 Å². The molecule has 106 valence electrons. The maximum absolute atomic E-state index is 4.60. The van der Waals surface area contributed by atoms with E-state index in [1.165, 1.54) is 31.5 Å². The Morgan fingerprint density at radius 3 is 2.84 bits per heavy atom. The predicted molar refractivity (Wildman–Crippen MR) is 80.5 cm³/mol. The number of nitrogens with zero attached hydrogens (tertiary/aromatic N) is 3. The molecule has 0 aliphatic carbocycles. The Bertz CT molecular complexity index is 385. The summed E-state index contributed by atoms with van der Waals surface area (Å²) >= 11 is 0. The van der Waals surface area contributed by atoms with E-state index in [2.05, 4.69) is 47.2 Å². The van der Waals surface area contributed by atoms with Crippen molar-refractivity contribution in [2.24, 2.45) is 0 Å². The molecule has 1 aromatic rings. The number of piperidine rings is 1. The molecule has 1 saturated heterocycles. The van der Waals surface area contributed by atoms with Gasteiger partial charge < -0.3 is 15.1 Å². The van der Waals surface area contributed by atoms with Gasteiger partial charge in [-0.15, -0.1) is 0 Å². The van der Waals surface area contributed by atoms with Crippen LogP contribution in [0.25, 0.3) is 0 Å². The van der Waals surface area contributed by atoms with E-state index in [0.29, 0.717) is 6.04 Å². The van der Waals surface area contributed by atoms with Gasteiger partial charge in [-0.1, -0.05) is 13.0 Å². The Hall–Kier alpha value is -1.13. The van der Waals surface area contributed by atoms with Gasteiger partial charge in [-0.3, -0.25) is 0 Å². The van der Waals surface area contributed by atoms with E-state index in [1.807, 2.05) is 12.3 Å². The second-order valence-electron chi connectivity index (χ2n) is 5.41. The van der Waals surface area contributed by atoms with Crippen LogP contribution < -0.4 is 10.2 Å². The monoisotopic (exact) mass is 262 g/mol. The Labute approximate surface area is 116 Å². The molecule has 19 heavy (non-hydrogen) atoms. The first kappa shape index (κ1) is 14.3. The number of pyridine rings is 1. The van der Waals surface area contributed by atoms with Gasteiger partial charge >= 0.3 is 0 Å². The van der Waals surface area contributed by atoms with Gasteiger partial charge in [0.1, 0.15) is 5.82 Å². The molecule has 0 atom stereocenters. The fraction of sp³-hybridized carbons (Fsp3) is 0.667. The highest BCUT2D eigenvalue weighted by atomic mass is 15.2. The maximum atomic E-state index is 4.60. The van der Waals surface area contributed by atoms with Gasteiger partial charge in [0.15, 0.2) is 0 Å². The lowest BCUT2D eigenvalue weighted by atomic mass is 10.0. The van der Waals surface area contributed by atoms with Gasteiger partial charge in [0.05, 0.1) is 0 Å². The van der Waals surface area contributed by atoms with Crippen molar-refractivity contribution in [1.29, 1.82) is 0 Å². The van der Waals surface area contributed by atoms with E-state index in [9.17, 15) is 0 Å². The second kappa shape index (κ2) is 6.87. The average Bonchev–Trinajstić information content (AvgIpc) is 2.45. The Morgan fingerprint density at radius 2 is 2.16 bits per heavy atom. The lowest BCUT2D eigenvalue weighted by Crippen LogP contribution is -2.42. The summed E-state index contributed by atoms with van der Waals surface area (Å²) < 4.78 is 0. The lowest BCUT2D eigenvalue weighted by molar-refractivity contribution is 0.252. The quantitative estimate of drug-likeness (QED) is 0.875. The van der Waals surface area contributed by atoms with Crippen molar-refractivity contribution in [1.82, 2.24) is 15.2 Å². The Morgan fingerprint density at radius 1 is 1.42 bits per heavy atom. The summed E-state index contributed by atoms with van der Waals surface area (Å²) in [6.45, 7) is 6.40. The third-order valence-electron chi connectivity index (χ3n) is 4.00. The summed E-state index contributed by atoms with van der Waals surface area (Å²) in [4.78, 5) is 9.38. The SMILES string of the molecule is CCNCc1cccnc1N(C)C1CCN(C)CC1. The molecule has 2 heterocycles. The van der Waals surface area contributed by atoms with E-state index >= 15 is 0 Å². The number of likely N-dealkylation sites (tertiary alicyclic amines) is 1. The molecule has 0 saturated carbocycles. The highest BCUT2D eigenvalue weighted by Gasteiger charge is 2.22. The summed E-state index contributed by atoms with van der Waals surface area (Å²) in [6, 6.07) is 4.82. The largest absolute Gasteiger partial charge is 0.356 e. The van der Waals surface area contributed by atoms with Crippen molar-refractivity contribution in [2.75, 3.05) is 38.6 Å². The third kappa shape index (κ3) is 3.67. The first-order valence-electron chi connectivity index (χ1n) is 7.28. The fourth-order valence-corrected chi connectivity index (χ4v) is 2.70. The number of anilines is 1. The summed E-state index contributed by atoms with van der Waals surface area (Å²) in [6.07, 6.45) is 4.35. The maximum Gasteiger partial charge on any atom is 0.133 e. The zero-order chi connectivity index (χ0) is 13.7. The van der Waals surface area contributed by atoms with Crippen LogP contribution in [-0.4, -0.2) is 49.7 Å². The standard InChI is InChI=1S/C15H26N4/c1-4-16-12-13-6-5-9-17-15(13)19(3)14-7-10-18(2)11-8-14/h5-6,9,14,16H,4,7-8,10-12H2,1-3H3. The van der Waals surface area contributed by atoms with Gasteiger partial charge in [0, 0.05) is 31.4 Å². The van der Waals surface area contributed by atoms with Crippen LogP contribution in [0.1, 0.15) is 25.3 Å².